The lowest BCUT2D eigenvalue weighted by Crippen LogP contribution is -2.16. The van der Waals surface area contributed by atoms with Crippen molar-refractivity contribution in [3.05, 3.63) is 59.7 Å². The first-order valence-electron chi connectivity index (χ1n) is 16.4. The van der Waals surface area contributed by atoms with E-state index in [4.69, 9.17) is 0 Å². The van der Waals surface area contributed by atoms with Gasteiger partial charge in [0.15, 0.2) is 0 Å². The lowest BCUT2D eigenvalue weighted by atomic mass is 9.74. The van der Waals surface area contributed by atoms with Gasteiger partial charge < -0.3 is 0 Å². The highest BCUT2D eigenvalue weighted by Gasteiger charge is 2.25. The molecule has 1 atom stereocenters. The predicted octanol–water partition coefficient (Wildman–Crippen LogP) is 12.1. The fourth-order valence-electron chi connectivity index (χ4n) is 7.55. The van der Waals surface area contributed by atoms with Gasteiger partial charge in [-0.15, -0.1) is 0 Å². The van der Waals surface area contributed by atoms with Crippen molar-refractivity contribution in [2.75, 3.05) is 0 Å². The van der Waals surface area contributed by atoms with Gasteiger partial charge in [-0.05, 0) is 110 Å². The van der Waals surface area contributed by atoms with Crippen LogP contribution < -0.4 is 0 Å². The van der Waals surface area contributed by atoms with Crippen molar-refractivity contribution in [1.29, 1.82) is 0 Å². The van der Waals surface area contributed by atoms with Gasteiger partial charge >= 0.3 is 0 Å². The molecule has 2 aromatic rings. The fourth-order valence-corrected chi connectivity index (χ4v) is 7.55. The van der Waals surface area contributed by atoms with Gasteiger partial charge in [0.1, 0.15) is 0 Å². The number of hydrogen-bond donors (Lipinski definition) is 0. The summed E-state index contributed by atoms with van der Waals surface area (Å²) in [7, 11) is 0. The fraction of sp³-hybridized carbons (Fsp3) is 0.676. The summed E-state index contributed by atoms with van der Waals surface area (Å²) in [6.07, 6.45) is 24.1. The van der Waals surface area contributed by atoms with E-state index in [0.717, 1.165) is 29.6 Å². The lowest BCUT2D eigenvalue weighted by molar-refractivity contribution is 0.256. The molecule has 2 aliphatic rings. The van der Waals surface area contributed by atoms with E-state index in [9.17, 15) is 0 Å². The molecular formula is C37H56. The van der Waals surface area contributed by atoms with Crippen LogP contribution in [0.4, 0.5) is 0 Å². The zero-order valence-electron chi connectivity index (χ0n) is 24.5. The Morgan fingerprint density at radius 3 is 1.51 bits per heavy atom. The second-order valence-electron chi connectivity index (χ2n) is 12.8. The Hall–Kier alpha value is -1.56. The molecule has 2 aliphatic carbocycles. The minimum atomic E-state index is 0.778. The molecule has 1 unspecified atom stereocenters. The average Bonchev–Trinajstić information content (AvgIpc) is 2.96. The third kappa shape index (κ3) is 8.46. The molecule has 2 aromatic carbocycles. The molecule has 0 N–H and O–H groups in total. The van der Waals surface area contributed by atoms with Crippen molar-refractivity contribution in [3.8, 4) is 11.1 Å². The number of benzene rings is 2. The van der Waals surface area contributed by atoms with E-state index >= 15 is 0 Å². The lowest BCUT2D eigenvalue weighted by Gasteiger charge is -2.31. The van der Waals surface area contributed by atoms with Gasteiger partial charge in [0.2, 0.25) is 0 Å². The minimum absolute atomic E-state index is 0.778. The summed E-state index contributed by atoms with van der Waals surface area (Å²) in [5.74, 6) is 4.51. The van der Waals surface area contributed by atoms with Crippen molar-refractivity contribution in [2.24, 2.45) is 17.8 Å². The van der Waals surface area contributed by atoms with Gasteiger partial charge in [-0.3, -0.25) is 0 Å². The van der Waals surface area contributed by atoms with Crippen LogP contribution in [-0.4, -0.2) is 0 Å². The van der Waals surface area contributed by atoms with Crippen LogP contribution >= 0.6 is 0 Å². The van der Waals surface area contributed by atoms with Crippen LogP contribution in [0.1, 0.15) is 153 Å². The van der Waals surface area contributed by atoms with Crippen LogP contribution in [0.2, 0.25) is 0 Å². The van der Waals surface area contributed by atoms with Gasteiger partial charge in [-0.1, -0.05) is 121 Å². The summed E-state index contributed by atoms with van der Waals surface area (Å²) in [6, 6.07) is 19.3. The van der Waals surface area contributed by atoms with Gasteiger partial charge in [0.05, 0.1) is 0 Å². The Bertz CT molecular complexity index is 859. The molecule has 0 radical (unpaired) electrons. The first kappa shape index (κ1) is 28.4. The van der Waals surface area contributed by atoms with Crippen LogP contribution in [0.15, 0.2) is 48.5 Å². The van der Waals surface area contributed by atoms with Crippen LogP contribution in [0.3, 0.4) is 0 Å². The molecule has 0 aliphatic heterocycles. The first-order chi connectivity index (χ1) is 18.2. The average molecular weight is 501 g/mol. The summed E-state index contributed by atoms with van der Waals surface area (Å²) in [6.45, 7) is 7.05. The largest absolute Gasteiger partial charge is 0.0654 e. The summed E-state index contributed by atoms with van der Waals surface area (Å²) in [4.78, 5) is 0. The Labute approximate surface area is 230 Å². The summed E-state index contributed by atoms with van der Waals surface area (Å²) < 4.78 is 0. The zero-order chi connectivity index (χ0) is 25.9. The van der Waals surface area contributed by atoms with Crippen LogP contribution in [0, 0.1) is 17.8 Å². The molecule has 0 spiro atoms. The third-order valence-corrected chi connectivity index (χ3v) is 10.2. The van der Waals surface area contributed by atoms with Gasteiger partial charge in [0.25, 0.3) is 0 Å². The Morgan fingerprint density at radius 1 is 0.568 bits per heavy atom. The standard InChI is InChI=1S/C37H56/c1-4-7-9-11-30-12-16-32(17-13-30)34-20-24-36(25-21-34)37-26-22-35(23-27-37)33-18-14-31(15-19-33)28-29(6-3)10-8-5-2/h20-27,29-33H,4-19,28H2,1-3H3. The normalized spacial score (nSPS) is 25.2. The van der Waals surface area contributed by atoms with E-state index in [2.05, 4.69) is 69.3 Å². The van der Waals surface area contributed by atoms with E-state index in [1.54, 1.807) is 11.1 Å². The predicted molar refractivity (Wildman–Crippen MR) is 163 cm³/mol. The van der Waals surface area contributed by atoms with E-state index in [0.29, 0.717) is 0 Å². The van der Waals surface area contributed by atoms with E-state index < -0.39 is 0 Å². The van der Waals surface area contributed by atoms with Gasteiger partial charge in [0, 0.05) is 0 Å². The highest BCUT2D eigenvalue weighted by atomic mass is 14.3. The van der Waals surface area contributed by atoms with Crippen molar-refractivity contribution in [1.82, 2.24) is 0 Å². The second kappa shape index (κ2) is 15.1. The van der Waals surface area contributed by atoms with Crippen molar-refractivity contribution in [3.63, 3.8) is 0 Å². The topological polar surface area (TPSA) is 0 Å². The van der Waals surface area contributed by atoms with Crippen LogP contribution in [-0.2, 0) is 0 Å². The van der Waals surface area contributed by atoms with Crippen molar-refractivity contribution in [2.45, 2.75) is 142 Å². The van der Waals surface area contributed by atoms with Crippen LogP contribution in [0.5, 0.6) is 0 Å². The van der Waals surface area contributed by atoms with E-state index in [-0.39, 0.29) is 0 Å². The Morgan fingerprint density at radius 2 is 1.05 bits per heavy atom. The quantitative estimate of drug-likeness (QED) is 0.240. The van der Waals surface area contributed by atoms with Gasteiger partial charge in [-0.25, -0.2) is 0 Å². The van der Waals surface area contributed by atoms with Crippen LogP contribution in [0.25, 0.3) is 11.1 Å². The molecule has 0 nitrogen and oxygen atoms in total. The van der Waals surface area contributed by atoms with E-state index in [1.807, 2.05) is 0 Å². The summed E-state index contributed by atoms with van der Waals surface area (Å²) >= 11 is 0. The van der Waals surface area contributed by atoms with Gasteiger partial charge in [-0.2, -0.15) is 0 Å². The molecule has 2 fully saturated rings. The highest BCUT2D eigenvalue weighted by molar-refractivity contribution is 5.64. The SMILES string of the molecule is CCCCCC1CCC(c2ccc(-c3ccc(C4CCC(CC(CC)CCCC)CC4)cc3)cc2)CC1. The summed E-state index contributed by atoms with van der Waals surface area (Å²) in [5, 5.41) is 0. The molecule has 0 heterocycles. The molecule has 0 amide bonds. The number of hydrogen-bond acceptors (Lipinski definition) is 0. The molecule has 37 heavy (non-hydrogen) atoms. The Kier molecular flexibility index (Phi) is 11.6. The molecule has 4 rings (SSSR count). The maximum Gasteiger partial charge on any atom is -0.0162 e. The number of unbranched alkanes of at least 4 members (excludes halogenated alkanes) is 3. The molecule has 0 heteroatoms. The Balaban J connectivity index is 1.24. The molecule has 204 valence electrons. The smallest absolute Gasteiger partial charge is 0.0162 e. The molecule has 2 saturated carbocycles. The minimum Gasteiger partial charge on any atom is -0.0654 e. The molecule has 0 saturated heterocycles. The van der Waals surface area contributed by atoms with Crippen molar-refractivity contribution >= 4 is 0 Å². The maximum atomic E-state index is 2.43. The third-order valence-electron chi connectivity index (χ3n) is 10.2. The zero-order valence-corrected chi connectivity index (χ0v) is 24.5. The number of rotatable bonds is 13. The monoisotopic (exact) mass is 500 g/mol. The molecular weight excluding hydrogens is 444 g/mol. The molecule has 0 aromatic heterocycles. The highest BCUT2D eigenvalue weighted by Crippen LogP contribution is 2.41. The first-order valence-corrected chi connectivity index (χ1v) is 16.4. The second-order valence-corrected chi connectivity index (χ2v) is 12.8. The van der Waals surface area contributed by atoms with E-state index in [1.165, 1.54) is 120 Å². The maximum absolute atomic E-state index is 2.43. The summed E-state index contributed by atoms with van der Waals surface area (Å²) in [5.41, 5.74) is 5.91. The van der Waals surface area contributed by atoms with Crippen molar-refractivity contribution < 1.29 is 0 Å². The molecule has 0 bridgehead atoms.